The van der Waals surface area contributed by atoms with Gasteiger partial charge >= 0.3 is 0 Å². The van der Waals surface area contributed by atoms with Gasteiger partial charge in [0.25, 0.3) is 0 Å². The van der Waals surface area contributed by atoms with Gasteiger partial charge in [0.15, 0.2) is 9.84 Å². The molecular weight excluding hydrogens is 325 g/mol. The summed E-state index contributed by atoms with van der Waals surface area (Å²) in [4.78, 5) is 13.2. The van der Waals surface area contributed by atoms with Crippen LogP contribution in [0.2, 0.25) is 5.02 Å². The quantitative estimate of drug-likeness (QED) is 0.837. The van der Waals surface area contributed by atoms with Crippen LogP contribution in [0.3, 0.4) is 0 Å². The van der Waals surface area contributed by atoms with Crippen molar-refractivity contribution in [2.45, 2.75) is 12.1 Å². The molecule has 20 heavy (non-hydrogen) atoms. The zero-order valence-corrected chi connectivity index (χ0v) is 12.7. The number of aliphatic hydroxyl groups is 1. The minimum absolute atomic E-state index is 0.278. The van der Waals surface area contributed by atoms with E-state index in [-0.39, 0.29) is 17.4 Å². The van der Waals surface area contributed by atoms with Crippen LogP contribution in [0.5, 0.6) is 0 Å². The van der Waals surface area contributed by atoms with Gasteiger partial charge in [0.1, 0.15) is 5.88 Å². The lowest BCUT2D eigenvalue weighted by Gasteiger charge is -2.29. The van der Waals surface area contributed by atoms with Crippen molar-refractivity contribution in [2.24, 2.45) is 0 Å². The first-order valence-electron chi connectivity index (χ1n) is 5.86. The van der Waals surface area contributed by atoms with Crippen LogP contribution >= 0.6 is 23.2 Å². The maximum absolute atomic E-state index is 12.0. The molecule has 1 aromatic rings. The Morgan fingerprint density at radius 1 is 1.30 bits per heavy atom. The molecule has 2 rings (SSSR count). The zero-order chi connectivity index (χ0) is 14.9. The van der Waals surface area contributed by atoms with Gasteiger partial charge in [-0.05, 0) is 24.3 Å². The Balaban J connectivity index is 2.38. The van der Waals surface area contributed by atoms with E-state index >= 15 is 0 Å². The van der Waals surface area contributed by atoms with Crippen molar-refractivity contribution >= 4 is 44.6 Å². The number of halogens is 2. The van der Waals surface area contributed by atoms with E-state index in [1.54, 1.807) is 24.3 Å². The predicted octanol–water partition coefficient (Wildman–Crippen LogP) is 1.07. The molecule has 0 aliphatic carbocycles. The van der Waals surface area contributed by atoms with Crippen molar-refractivity contribution in [3.8, 4) is 0 Å². The van der Waals surface area contributed by atoms with Gasteiger partial charge in [0.2, 0.25) is 5.91 Å². The number of benzene rings is 1. The fourth-order valence-electron chi connectivity index (χ4n) is 2.24. The molecule has 0 unspecified atom stereocenters. The molecule has 0 radical (unpaired) electrons. The first-order chi connectivity index (χ1) is 9.34. The summed E-state index contributed by atoms with van der Waals surface area (Å²) in [5.74, 6) is -1.39. The molecular formula is C12H13Cl2NO4S. The number of hydrogen-bond donors (Lipinski definition) is 1. The molecule has 1 N–H and O–H groups in total. The van der Waals surface area contributed by atoms with E-state index in [4.69, 9.17) is 23.2 Å². The highest BCUT2D eigenvalue weighted by atomic mass is 35.5. The van der Waals surface area contributed by atoms with E-state index in [9.17, 15) is 18.3 Å². The lowest BCUT2D eigenvalue weighted by Crippen LogP contribution is -2.47. The summed E-state index contributed by atoms with van der Waals surface area (Å²) in [6.07, 6.45) is -1.12. The second-order valence-electron chi connectivity index (χ2n) is 4.59. The summed E-state index contributed by atoms with van der Waals surface area (Å²) in [5, 5.41) is 10.4. The third-order valence-electron chi connectivity index (χ3n) is 3.11. The van der Waals surface area contributed by atoms with E-state index in [1.807, 2.05) is 0 Å². The van der Waals surface area contributed by atoms with Crippen LogP contribution in [-0.2, 0) is 14.6 Å². The van der Waals surface area contributed by atoms with Crippen LogP contribution < -0.4 is 4.90 Å². The topological polar surface area (TPSA) is 74.7 Å². The molecule has 1 aromatic carbocycles. The van der Waals surface area contributed by atoms with E-state index in [1.165, 1.54) is 4.90 Å². The van der Waals surface area contributed by atoms with Gasteiger partial charge < -0.3 is 10.0 Å². The smallest absolute Gasteiger partial charge is 0.242 e. The Bertz CT molecular complexity index is 602. The van der Waals surface area contributed by atoms with Gasteiger partial charge in [-0.1, -0.05) is 11.6 Å². The lowest BCUT2D eigenvalue weighted by molar-refractivity contribution is -0.117. The summed E-state index contributed by atoms with van der Waals surface area (Å²) in [6.45, 7) is 0. The van der Waals surface area contributed by atoms with E-state index in [0.717, 1.165) is 0 Å². The van der Waals surface area contributed by atoms with Crippen molar-refractivity contribution < 1.29 is 18.3 Å². The maximum atomic E-state index is 12.0. The highest BCUT2D eigenvalue weighted by Crippen LogP contribution is 2.26. The SMILES string of the molecule is O=C(CCl)N(c1ccc(Cl)cc1)[C@@H]1CS(=O)(=O)C[C@H]1O. The van der Waals surface area contributed by atoms with Crippen molar-refractivity contribution in [3.05, 3.63) is 29.3 Å². The summed E-state index contributed by atoms with van der Waals surface area (Å²) < 4.78 is 23.2. The lowest BCUT2D eigenvalue weighted by atomic mass is 10.1. The molecule has 8 heteroatoms. The molecule has 110 valence electrons. The standard InChI is InChI=1S/C12H13Cl2NO4S/c13-5-12(17)15(9-3-1-8(14)2-4-9)10-6-20(18,19)7-11(10)16/h1-4,10-11,16H,5-7H2/t10-,11-/m1/s1. The monoisotopic (exact) mass is 337 g/mol. The number of carbonyl (C=O) groups excluding carboxylic acids is 1. The Hall–Kier alpha value is -0.820. The summed E-state index contributed by atoms with van der Waals surface area (Å²) >= 11 is 11.4. The molecule has 1 saturated heterocycles. The normalized spacial score (nSPS) is 24.6. The summed E-state index contributed by atoms with van der Waals surface area (Å²) in [5.41, 5.74) is 0.459. The molecule has 1 heterocycles. The van der Waals surface area contributed by atoms with Crippen LogP contribution in [0.1, 0.15) is 0 Å². The molecule has 0 saturated carbocycles. The Morgan fingerprint density at radius 2 is 1.90 bits per heavy atom. The third-order valence-corrected chi connectivity index (χ3v) is 5.29. The predicted molar refractivity (Wildman–Crippen MR) is 78.1 cm³/mol. The number of sulfone groups is 1. The fourth-order valence-corrected chi connectivity index (χ4v) is 4.27. The largest absolute Gasteiger partial charge is 0.390 e. The number of hydrogen-bond acceptors (Lipinski definition) is 4. The van der Waals surface area contributed by atoms with Gasteiger partial charge in [-0.15, -0.1) is 11.6 Å². The van der Waals surface area contributed by atoms with Gasteiger partial charge in [0.05, 0.1) is 23.7 Å². The first-order valence-corrected chi connectivity index (χ1v) is 8.59. The summed E-state index contributed by atoms with van der Waals surface area (Å²) in [6, 6.07) is 5.52. The molecule has 5 nitrogen and oxygen atoms in total. The maximum Gasteiger partial charge on any atom is 0.242 e. The van der Waals surface area contributed by atoms with E-state index in [0.29, 0.717) is 10.7 Å². The van der Waals surface area contributed by atoms with Gasteiger partial charge in [-0.25, -0.2) is 8.42 Å². The summed E-state index contributed by atoms with van der Waals surface area (Å²) in [7, 11) is -3.36. The van der Waals surface area contributed by atoms with Crippen LogP contribution in [-0.4, -0.2) is 49.0 Å². The average Bonchev–Trinajstić information content (AvgIpc) is 2.65. The van der Waals surface area contributed by atoms with Gasteiger partial charge in [-0.3, -0.25) is 4.79 Å². The Labute approximate surface area is 127 Å². The molecule has 0 aromatic heterocycles. The number of rotatable bonds is 3. The minimum atomic E-state index is -3.36. The molecule has 2 atom stereocenters. The van der Waals surface area contributed by atoms with E-state index in [2.05, 4.69) is 0 Å². The molecule has 0 bridgehead atoms. The number of amides is 1. The van der Waals surface area contributed by atoms with Crippen LogP contribution in [0.4, 0.5) is 5.69 Å². The molecule has 1 aliphatic heterocycles. The zero-order valence-electron chi connectivity index (χ0n) is 10.4. The molecule has 0 spiro atoms. The minimum Gasteiger partial charge on any atom is -0.390 e. The molecule has 1 amide bonds. The van der Waals surface area contributed by atoms with Crippen molar-refractivity contribution in [2.75, 3.05) is 22.3 Å². The van der Waals surface area contributed by atoms with Crippen LogP contribution in [0.15, 0.2) is 24.3 Å². The number of alkyl halides is 1. The second-order valence-corrected chi connectivity index (χ2v) is 7.44. The van der Waals surface area contributed by atoms with E-state index < -0.39 is 27.9 Å². The highest BCUT2D eigenvalue weighted by molar-refractivity contribution is 7.91. The number of aliphatic hydroxyl groups excluding tert-OH is 1. The van der Waals surface area contributed by atoms with Crippen LogP contribution in [0, 0.1) is 0 Å². The molecule has 1 aliphatic rings. The second kappa shape index (κ2) is 5.89. The fraction of sp³-hybridized carbons (Fsp3) is 0.417. The van der Waals surface area contributed by atoms with Crippen LogP contribution in [0.25, 0.3) is 0 Å². The molecule has 1 fully saturated rings. The number of carbonyl (C=O) groups is 1. The van der Waals surface area contributed by atoms with Crippen molar-refractivity contribution in [1.82, 2.24) is 0 Å². The highest BCUT2D eigenvalue weighted by Gasteiger charge is 2.42. The third kappa shape index (κ3) is 3.25. The average molecular weight is 338 g/mol. The van der Waals surface area contributed by atoms with Gasteiger partial charge in [-0.2, -0.15) is 0 Å². The Kier molecular flexibility index (Phi) is 4.59. The Morgan fingerprint density at radius 3 is 2.35 bits per heavy atom. The van der Waals surface area contributed by atoms with Crippen molar-refractivity contribution in [1.29, 1.82) is 0 Å². The first kappa shape index (κ1) is 15.6. The number of nitrogens with zero attached hydrogens (tertiary/aromatic N) is 1. The van der Waals surface area contributed by atoms with Crippen molar-refractivity contribution in [3.63, 3.8) is 0 Å². The number of anilines is 1. The van der Waals surface area contributed by atoms with Gasteiger partial charge in [0, 0.05) is 10.7 Å².